The first-order valence-electron chi connectivity index (χ1n) is 11.7. The number of hydrogen-bond donors (Lipinski definition) is 2. The molecule has 4 atom stereocenters. The van der Waals surface area contributed by atoms with Gasteiger partial charge in [0.15, 0.2) is 0 Å². The van der Waals surface area contributed by atoms with Gasteiger partial charge >= 0.3 is 8.25 Å². The van der Waals surface area contributed by atoms with Crippen LogP contribution in [0.3, 0.4) is 0 Å². The van der Waals surface area contributed by atoms with Crippen molar-refractivity contribution in [1.29, 1.82) is 0 Å². The molecule has 0 bridgehead atoms. The number of hydrogen-bond acceptors (Lipinski definition) is 5. The lowest BCUT2D eigenvalue weighted by Gasteiger charge is -2.39. The lowest BCUT2D eigenvalue weighted by atomic mass is 9.81. The first-order valence-corrected chi connectivity index (χ1v) is 13.0. The Morgan fingerprint density at radius 2 is 1.03 bits per heavy atom. The van der Waals surface area contributed by atoms with Crippen LogP contribution in [-0.4, -0.2) is 12.2 Å². The second-order valence-corrected chi connectivity index (χ2v) is 9.77. The van der Waals surface area contributed by atoms with Gasteiger partial charge in [0.25, 0.3) is 0 Å². The van der Waals surface area contributed by atoms with Gasteiger partial charge in [0.2, 0.25) is 0 Å². The minimum Gasteiger partial charge on any atom is -0.319 e. The predicted octanol–water partition coefficient (Wildman–Crippen LogP) is 6.11. The summed E-state index contributed by atoms with van der Waals surface area (Å²) in [4.78, 5) is 0. The van der Waals surface area contributed by atoms with Crippen LogP contribution >= 0.6 is 8.25 Å². The van der Waals surface area contributed by atoms with Crippen molar-refractivity contribution in [2.24, 2.45) is 11.5 Å². The molecule has 0 aliphatic rings. The van der Waals surface area contributed by atoms with Crippen molar-refractivity contribution in [2.75, 3.05) is 0 Å². The summed E-state index contributed by atoms with van der Waals surface area (Å²) in [5.74, 6) is 0. The van der Waals surface area contributed by atoms with Gasteiger partial charge in [0.1, 0.15) is 0 Å². The standard InChI is InChI=1S/C26H41N2O3P/c1-7-23(25(27,9-3)21-15-11-19(5)12-16-21)30-32(29)31-24(8-2)26(28,10-4)22-17-13-20(6)14-18-22/h11-18,23-24,32H,7-10,27-28H2,1-6H3. The van der Waals surface area contributed by atoms with Gasteiger partial charge in [-0.3, -0.25) is 4.57 Å². The van der Waals surface area contributed by atoms with Crippen molar-refractivity contribution in [3.05, 3.63) is 70.8 Å². The molecular weight excluding hydrogens is 419 g/mol. The van der Waals surface area contributed by atoms with E-state index in [-0.39, 0.29) is 0 Å². The maximum atomic E-state index is 13.1. The van der Waals surface area contributed by atoms with Gasteiger partial charge in [0, 0.05) is 0 Å². The highest BCUT2D eigenvalue weighted by atomic mass is 31.1. The van der Waals surface area contributed by atoms with E-state index in [2.05, 4.69) is 0 Å². The SMILES string of the molecule is CCC(O[PH](=O)OC(CC)C(N)(CC)c1ccc(C)cc1)C(N)(CC)c1ccc(C)cc1. The van der Waals surface area contributed by atoms with E-state index in [9.17, 15) is 4.57 Å². The third-order valence-corrected chi connectivity index (χ3v) is 7.67. The van der Waals surface area contributed by atoms with Crippen LogP contribution in [0.4, 0.5) is 0 Å². The van der Waals surface area contributed by atoms with Crippen LogP contribution in [-0.2, 0) is 24.7 Å². The predicted molar refractivity (Wildman–Crippen MR) is 134 cm³/mol. The molecule has 2 aromatic rings. The van der Waals surface area contributed by atoms with Crippen LogP contribution in [0.25, 0.3) is 0 Å². The molecule has 0 aliphatic carbocycles. The average molecular weight is 461 g/mol. The molecule has 0 spiro atoms. The molecule has 0 aliphatic heterocycles. The van der Waals surface area contributed by atoms with Crippen LogP contribution in [0.15, 0.2) is 48.5 Å². The smallest absolute Gasteiger partial charge is 0.319 e. The van der Waals surface area contributed by atoms with Crippen molar-refractivity contribution in [3.8, 4) is 0 Å². The second kappa shape index (κ2) is 11.6. The quantitative estimate of drug-likeness (QED) is 0.373. The molecule has 2 aromatic carbocycles. The van der Waals surface area contributed by atoms with E-state index in [1.54, 1.807) is 0 Å². The monoisotopic (exact) mass is 460 g/mol. The molecule has 32 heavy (non-hydrogen) atoms. The molecule has 5 nitrogen and oxygen atoms in total. The normalized spacial score (nSPS) is 18.4. The minimum atomic E-state index is -2.84. The lowest BCUT2D eigenvalue weighted by molar-refractivity contribution is 0.0466. The third-order valence-electron chi connectivity index (χ3n) is 6.72. The Balaban J connectivity index is 2.22. The van der Waals surface area contributed by atoms with Crippen molar-refractivity contribution < 1.29 is 13.6 Å². The lowest BCUT2D eigenvalue weighted by Crippen LogP contribution is -2.49. The summed E-state index contributed by atoms with van der Waals surface area (Å²) in [7, 11) is -2.84. The summed E-state index contributed by atoms with van der Waals surface area (Å²) in [6.07, 6.45) is 1.67. The van der Waals surface area contributed by atoms with Gasteiger partial charge in [-0.25, -0.2) is 0 Å². The zero-order chi connectivity index (χ0) is 23.9. The molecule has 0 fully saturated rings. The fraction of sp³-hybridized carbons (Fsp3) is 0.538. The summed E-state index contributed by atoms with van der Waals surface area (Å²) < 4.78 is 25.1. The van der Waals surface area contributed by atoms with Crippen molar-refractivity contribution in [2.45, 2.75) is 90.5 Å². The van der Waals surface area contributed by atoms with Crippen LogP contribution in [0, 0.1) is 13.8 Å². The highest BCUT2D eigenvalue weighted by Crippen LogP contribution is 2.41. The largest absolute Gasteiger partial charge is 0.319 e. The van der Waals surface area contributed by atoms with E-state index in [1.165, 1.54) is 11.1 Å². The van der Waals surface area contributed by atoms with E-state index in [4.69, 9.17) is 20.5 Å². The Morgan fingerprint density at radius 1 is 0.719 bits per heavy atom. The third kappa shape index (κ3) is 5.89. The first kappa shape index (κ1) is 26.8. The second-order valence-electron chi connectivity index (χ2n) is 8.80. The highest BCUT2D eigenvalue weighted by Gasteiger charge is 2.39. The molecule has 178 valence electrons. The number of rotatable bonds is 12. The Bertz CT molecular complexity index is 800. The van der Waals surface area contributed by atoms with E-state index in [1.807, 2.05) is 90.1 Å². The first-order chi connectivity index (χ1) is 15.1. The molecule has 4 N–H and O–H groups in total. The average Bonchev–Trinajstić information content (AvgIpc) is 2.80. The van der Waals surface area contributed by atoms with Gasteiger partial charge in [-0.05, 0) is 50.7 Å². The molecule has 4 unspecified atom stereocenters. The Labute approximate surface area is 194 Å². The van der Waals surface area contributed by atoms with Crippen LogP contribution in [0.2, 0.25) is 0 Å². The van der Waals surface area contributed by atoms with Crippen LogP contribution < -0.4 is 11.5 Å². The molecule has 0 amide bonds. The van der Waals surface area contributed by atoms with Crippen molar-refractivity contribution in [3.63, 3.8) is 0 Å². The van der Waals surface area contributed by atoms with Gasteiger partial charge in [-0.15, -0.1) is 0 Å². The van der Waals surface area contributed by atoms with Crippen LogP contribution in [0.1, 0.15) is 75.6 Å². The van der Waals surface area contributed by atoms with E-state index < -0.39 is 31.5 Å². The molecule has 2 rings (SSSR count). The minimum absolute atomic E-state index is 0.438. The Hall–Kier alpha value is -1.49. The number of nitrogens with two attached hydrogens (primary N) is 2. The molecular formula is C26H41N2O3P. The fourth-order valence-corrected chi connectivity index (χ4v) is 5.60. The number of benzene rings is 2. The molecule has 0 saturated heterocycles. The highest BCUT2D eigenvalue weighted by molar-refractivity contribution is 7.33. The fourth-order valence-electron chi connectivity index (χ4n) is 4.33. The zero-order valence-electron chi connectivity index (χ0n) is 20.5. The summed E-state index contributed by atoms with van der Waals surface area (Å²) in [6.45, 7) is 12.1. The van der Waals surface area contributed by atoms with Crippen molar-refractivity contribution in [1.82, 2.24) is 0 Å². The summed E-state index contributed by atoms with van der Waals surface area (Å²) >= 11 is 0. The van der Waals surface area contributed by atoms with Gasteiger partial charge in [-0.2, -0.15) is 0 Å². The van der Waals surface area contributed by atoms with Crippen LogP contribution in [0.5, 0.6) is 0 Å². The Kier molecular flexibility index (Phi) is 9.68. The maximum absolute atomic E-state index is 13.1. The molecule has 0 heterocycles. The van der Waals surface area contributed by atoms with E-state index >= 15 is 0 Å². The van der Waals surface area contributed by atoms with E-state index in [0.717, 1.165) is 11.1 Å². The summed E-state index contributed by atoms with van der Waals surface area (Å²) in [5.41, 5.74) is 16.4. The Morgan fingerprint density at radius 3 is 1.28 bits per heavy atom. The van der Waals surface area contributed by atoms with E-state index in [0.29, 0.717) is 25.7 Å². The zero-order valence-corrected chi connectivity index (χ0v) is 21.5. The summed E-state index contributed by atoms with van der Waals surface area (Å²) in [5, 5.41) is 0. The van der Waals surface area contributed by atoms with Gasteiger partial charge in [0.05, 0.1) is 23.3 Å². The topological polar surface area (TPSA) is 87.6 Å². The van der Waals surface area contributed by atoms with Crippen molar-refractivity contribution >= 4 is 8.25 Å². The van der Waals surface area contributed by atoms with Gasteiger partial charge in [-0.1, -0.05) is 87.4 Å². The summed E-state index contributed by atoms with van der Waals surface area (Å²) in [6, 6.07) is 16.3. The van der Waals surface area contributed by atoms with Gasteiger partial charge < -0.3 is 20.5 Å². The molecule has 0 aromatic heterocycles. The molecule has 6 heteroatoms. The molecule has 0 saturated carbocycles. The maximum Gasteiger partial charge on any atom is 0.319 e. The number of aryl methyl sites for hydroxylation is 2. The molecule has 0 radical (unpaired) electrons.